The maximum absolute atomic E-state index is 12.4. The molecule has 2 aromatic carbocycles. The lowest BCUT2D eigenvalue weighted by Gasteiger charge is -2.07. The number of fused-ring (bicyclic) bond motifs is 2. The molecule has 2 N–H and O–H groups in total. The third kappa shape index (κ3) is 3.66. The van der Waals surface area contributed by atoms with E-state index in [1.54, 1.807) is 10.6 Å². The van der Waals surface area contributed by atoms with Crippen LogP contribution in [0, 0.1) is 0 Å². The third-order valence-corrected chi connectivity index (χ3v) is 4.12. The summed E-state index contributed by atoms with van der Waals surface area (Å²) in [5, 5.41) is 12.0. The normalized spacial score (nSPS) is 11.9. The zero-order valence-corrected chi connectivity index (χ0v) is 14.8. The number of oxazole rings is 1. The molecule has 0 aliphatic heterocycles. The first-order valence-corrected chi connectivity index (χ1v) is 8.40. The Balaban J connectivity index is 1.68. The van der Waals surface area contributed by atoms with E-state index in [1.165, 1.54) is 18.2 Å². The van der Waals surface area contributed by atoms with Crippen LogP contribution >= 0.6 is 0 Å². The Morgan fingerprint density at radius 3 is 2.69 bits per heavy atom. The van der Waals surface area contributed by atoms with Crippen molar-refractivity contribution in [3.63, 3.8) is 0 Å². The average molecular weight is 406 g/mol. The maximum Gasteiger partial charge on any atom is 0.573 e. The highest BCUT2D eigenvalue weighted by molar-refractivity contribution is 5.93. The van der Waals surface area contributed by atoms with Crippen molar-refractivity contribution in [2.75, 3.05) is 5.32 Å². The molecule has 0 atom stereocenters. The number of alkyl halides is 3. The predicted octanol–water partition coefficient (Wildman–Crippen LogP) is 4.54. The molecule has 4 aromatic rings. The number of carbonyl (C=O) groups is 1. The minimum atomic E-state index is -4.81. The Bertz CT molecular complexity index is 1230. The van der Waals surface area contributed by atoms with Crippen LogP contribution in [0.4, 0.5) is 25.1 Å². The van der Waals surface area contributed by atoms with Crippen LogP contribution in [0.5, 0.6) is 5.75 Å². The SMILES string of the molecule is CCn1c(Nc2nc3ccc(OC(F)(F)F)cc3o2)nc2cc(C(=O)O)ccc21. The van der Waals surface area contributed by atoms with Crippen LogP contribution in [0.25, 0.3) is 22.1 Å². The van der Waals surface area contributed by atoms with Crippen molar-refractivity contribution >= 4 is 40.1 Å². The number of nitrogens with zero attached hydrogens (tertiary/aromatic N) is 3. The Labute approximate surface area is 160 Å². The number of ether oxygens (including phenoxy) is 1. The number of halogens is 3. The number of aryl methyl sites for hydroxylation is 1. The van der Waals surface area contributed by atoms with E-state index in [2.05, 4.69) is 20.0 Å². The first-order chi connectivity index (χ1) is 13.7. The van der Waals surface area contributed by atoms with Gasteiger partial charge in [-0.1, -0.05) is 0 Å². The van der Waals surface area contributed by atoms with Crippen molar-refractivity contribution in [3.05, 3.63) is 42.0 Å². The Morgan fingerprint density at radius 1 is 1.21 bits per heavy atom. The zero-order valence-electron chi connectivity index (χ0n) is 14.8. The average Bonchev–Trinajstić information content (AvgIpc) is 3.19. The molecule has 150 valence electrons. The monoisotopic (exact) mass is 406 g/mol. The highest BCUT2D eigenvalue weighted by Gasteiger charge is 2.31. The quantitative estimate of drug-likeness (QED) is 0.502. The second-order valence-corrected chi connectivity index (χ2v) is 6.01. The molecule has 0 spiro atoms. The molecule has 0 aliphatic carbocycles. The van der Waals surface area contributed by atoms with Crippen molar-refractivity contribution in [1.29, 1.82) is 0 Å². The van der Waals surface area contributed by atoms with E-state index < -0.39 is 18.1 Å². The summed E-state index contributed by atoms with van der Waals surface area (Å²) in [6.07, 6.45) is -4.81. The molecule has 0 unspecified atom stereocenters. The molecule has 0 radical (unpaired) electrons. The maximum atomic E-state index is 12.4. The van der Waals surface area contributed by atoms with Gasteiger partial charge in [-0.15, -0.1) is 13.2 Å². The summed E-state index contributed by atoms with van der Waals surface area (Å²) in [4.78, 5) is 19.7. The summed E-state index contributed by atoms with van der Waals surface area (Å²) in [7, 11) is 0. The Morgan fingerprint density at radius 2 is 2.00 bits per heavy atom. The minimum Gasteiger partial charge on any atom is -0.478 e. The molecule has 29 heavy (non-hydrogen) atoms. The van der Waals surface area contributed by atoms with Gasteiger partial charge in [-0.05, 0) is 37.3 Å². The molecule has 0 saturated heterocycles. The van der Waals surface area contributed by atoms with Crippen LogP contribution in [0.2, 0.25) is 0 Å². The van der Waals surface area contributed by atoms with E-state index in [-0.39, 0.29) is 17.2 Å². The van der Waals surface area contributed by atoms with E-state index in [0.29, 0.717) is 29.0 Å². The van der Waals surface area contributed by atoms with Crippen LogP contribution in [0.15, 0.2) is 40.8 Å². The molecule has 4 rings (SSSR count). The largest absolute Gasteiger partial charge is 0.573 e. The molecule has 0 aliphatic rings. The number of nitrogens with one attached hydrogen (secondary N) is 1. The first kappa shape index (κ1) is 18.6. The fraction of sp³-hybridized carbons (Fsp3) is 0.167. The van der Waals surface area contributed by atoms with Crippen LogP contribution in [0.1, 0.15) is 17.3 Å². The number of carboxylic acid groups (broad SMARTS) is 1. The van der Waals surface area contributed by atoms with Gasteiger partial charge >= 0.3 is 18.3 Å². The summed E-state index contributed by atoms with van der Waals surface area (Å²) in [5.41, 5.74) is 1.70. The second-order valence-electron chi connectivity index (χ2n) is 6.01. The van der Waals surface area contributed by atoms with Crippen molar-refractivity contribution in [2.45, 2.75) is 19.8 Å². The number of rotatable bonds is 5. The van der Waals surface area contributed by atoms with Crippen molar-refractivity contribution in [1.82, 2.24) is 14.5 Å². The second kappa shape index (κ2) is 6.69. The third-order valence-electron chi connectivity index (χ3n) is 4.12. The van der Waals surface area contributed by atoms with Gasteiger partial charge < -0.3 is 18.8 Å². The van der Waals surface area contributed by atoms with E-state index in [0.717, 1.165) is 12.1 Å². The highest BCUT2D eigenvalue weighted by atomic mass is 19.4. The van der Waals surface area contributed by atoms with Gasteiger partial charge in [0, 0.05) is 12.6 Å². The molecule has 11 heteroatoms. The van der Waals surface area contributed by atoms with Crippen molar-refractivity contribution in [3.8, 4) is 5.75 Å². The van der Waals surface area contributed by atoms with Gasteiger partial charge in [0.15, 0.2) is 5.58 Å². The molecule has 0 fully saturated rings. The molecular formula is C18H13F3N4O4. The molecule has 2 aromatic heterocycles. The van der Waals surface area contributed by atoms with E-state index in [1.807, 2.05) is 6.92 Å². The Kier molecular flexibility index (Phi) is 4.29. The van der Waals surface area contributed by atoms with Gasteiger partial charge in [0.2, 0.25) is 5.95 Å². The summed E-state index contributed by atoms with van der Waals surface area (Å²) in [5.74, 6) is -1.14. The number of carboxylic acids is 1. The smallest absolute Gasteiger partial charge is 0.478 e. The van der Waals surface area contributed by atoms with E-state index in [4.69, 9.17) is 9.52 Å². The fourth-order valence-electron chi connectivity index (χ4n) is 2.93. The van der Waals surface area contributed by atoms with Crippen molar-refractivity contribution in [2.24, 2.45) is 0 Å². The summed E-state index contributed by atoms with van der Waals surface area (Å²) < 4.78 is 48.2. The summed E-state index contributed by atoms with van der Waals surface area (Å²) in [6.45, 7) is 2.40. The van der Waals surface area contributed by atoms with Gasteiger partial charge in [-0.2, -0.15) is 4.98 Å². The first-order valence-electron chi connectivity index (χ1n) is 8.40. The van der Waals surface area contributed by atoms with Gasteiger partial charge in [0.1, 0.15) is 11.3 Å². The molecule has 8 nitrogen and oxygen atoms in total. The predicted molar refractivity (Wildman–Crippen MR) is 96.3 cm³/mol. The molecule has 0 saturated carbocycles. The number of anilines is 2. The van der Waals surface area contributed by atoms with Gasteiger partial charge in [0.25, 0.3) is 0 Å². The highest BCUT2D eigenvalue weighted by Crippen LogP contribution is 2.29. The van der Waals surface area contributed by atoms with Crippen LogP contribution in [-0.4, -0.2) is 32.0 Å². The van der Waals surface area contributed by atoms with E-state index >= 15 is 0 Å². The lowest BCUT2D eigenvalue weighted by atomic mass is 10.2. The van der Waals surface area contributed by atoms with Gasteiger partial charge in [-0.3, -0.25) is 5.32 Å². The van der Waals surface area contributed by atoms with Crippen molar-refractivity contribution < 1.29 is 32.2 Å². The summed E-state index contributed by atoms with van der Waals surface area (Å²) >= 11 is 0. The van der Waals surface area contributed by atoms with Gasteiger partial charge in [-0.25, -0.2) is 9.78 Å². The lowest BCUT2D eigenvalue weighted by Crippen LogP contribution is -2.16. The van der Waals surface area contributed by atoms with Crippen LogP contribution < -0.4 is 10.1 Å². The van der Waals surface area contributed by atoms with E-state index in [9.17, 15) is 18.0 Å². The standard InChI is InChI=1S/C18H13F3N4O4/c1-2-25-13-6-3-9(15(26)27)7-12(13)22-16(25)24-17-23-11-5-4-10(8-14(11)28-17)29-18(19,20)21/h3-8H,2H2,1H3,(H,26,27)(H,22,23,24). The molecule has 0 bridgehead atoms. The van der Waals surface area contributed by atoms with Gasteiger partial charge in [0.05, 0.1) is 16.6 Å². The number of hydrogen-bond acceptors (Lipinski definition) is 6. The molecular weight excluding hydrogens is 393 g/mol. The lowest BCUT2D eigenvalue weighted by molar-refractivity contribution is -0.274. The molecule has 0 amide bonds. The number of aromatic nitrogens is 3. The fourth-order valence-corrected chi connectivity index (χ4v) is 2.93. The topological polar surface area (TPSA) is 102 Å². The number of aromatic carboxylic acids is 1. The number of benzene rings is 2. The minimum absolute atomic E-state index is 0.0209. The summed E-state index contributed by atoms with van der Waals surface area (Å²) in [6, 6.07) is 8.15. The zero-order chi connectivity index (χ0) is 20.8. The van der Waals surface area contributed by atoms with Crippen LogP contribution in [-0.2, 0) is 6.54 Å². The van der Waals surface area contributed by atoms with Crippen LogP contribution in [0.3, 0.4) is 0 Å². The number of imidazole rings is 1. The molecule has 2 heterocycles. The Hall–Kier alpha value is -3.76. The number of hydrogen-bond donors (Lipinski definition) is 2.